The van der Waals surface area contributed by atoms with E-state index in [9.17, 15) is 4.79 Å². The first-order valence-corrected chi connectivity index (χ1v) is 9.44. The summed E-state index contributed by atoms with van der Waals surface area (Å²) in [6.45, 7) is 5.95. The molecule has 4 heterocycles. The first-order valence-electron chi connectivity index (χ1n) is 8.56. The third-order valence-electron chi connectivity index (χ3n) is 4.58. The van der Waals surface area contributed by atoms with E-state index in [2.05, 4.69) is 29.1 Å². The van der Waals surface area contributed by atoms with E-state index in [1.165, 1.54) is 11.3 Å². The van der Waals surface area contributed by atoms with Crippen molar-refractivity contribution in [2.24, 2.45) is 0 Å². The molecule has 1 fully saturated rings. The van der Waals surface area contributed by atoms with Gasteiger partial charge in [-0.05, 0) is 38.9 Å². The largest absolute Gasteiger partial charge is 0.331 e. The summed E-state index contributed by atoms with van der Waals surface area (Å²) in [5.41, 5.74) is 2.31. The van der Waals surface area contributed by atoms with Crippen LogP contribution in [-0.4, -0.2) is 50.3 Å². The van der Waals surface area contributed by atoms with Crippen molar-refractivity contribution in [1.29, 1.82) is 0 Å². The fraction of sp³-hybridized carbons (Fsp3) is 0.389. The van der Waals surface area contributed by atoms with E-state index in [0.717, 1.165) is 35.9 Å². The molecule has 0 spiro atoms. The van der Waals surface area contributed by atoms with Crippen molar-refractivity contribution in [3.63, 3.8) is 0 Å². The summed E-state index contributed by atoms with van der Waals surface area (Å²) >= 11 is 1.49. The van der Waals surface area contributed by atoms with Gasteiger partial charge in [-0.2, -0.15) is 0 Å². The summed E-state index contributed by atoms with van der Waals surface area (Å²) in [5, 5.41) is 6.01. The maximum absolute atomic E-state index is 13.0. The van der Waals surface area contributed by atoms with Gasteiger partial charge in [0.25, 0.3) is 5.91 Å². The predicted molar refractivity (Wildman–Crippen MR) is 98.9 cm³/mol. The number of carbonyl (C=O) groups is 1. The fourth-order valence-corrected chi connectivity index (χ4v) is 4.21. The Balaban J connectivity index is 1.65. The molecule has 3 aromatic rings. The van der Waals surface area contributed by atoms with E-state index < -0.39 is 0 Å². The monoisotopic (exact) mass is 355 g/mol. The van der Waals surface area contributed by atoms with Crippen molar-refractivity contribution >= 4 is 22.9 Å². The van der Waals surface area contributed by atoms with Gasteiger partial charge in [0, 0.05) is 30.2 Å². The van der Waals surface area contributed by atoms with Crippen molar-refractivity contribution in [2.75, 3.05) is 13.1 Å². The quantitative estimate of drug-likeness (QED) is 0.782. The first-order chi connectivity index (χ1) is 12.1. The smallest absolute Gasteiger partial charge is 0.273 e. The van der Waals surface area contributed by atoms with Crippen LogP contribution in [0.15, 0.2) is 36.0 Å². The Bertz CT molecular complexity index is 894. The maximum Gasteiger partial charge on any atom is 0.273 e. The van der Waals surface area contributed by atoms with Gasteiger partial charge in [-0.1, -0.05) is 6.07 Å². The Hall–Kier alpha value is -2.25. The summed E-state index contributed by atoms with van der Waals surface area (Å²) in [6.07, 6.45) is 4.77. The van der Waals surface area contributed by atoms with E-state index in [-0.39, 0.29) is 18.0 Å². The SMILES string of the molecule is CC(C)N(C(=O)c1csc(-c2cnc3ccccn23)n1)[C@@H]1CCNC1. The number of amides is 1. The Morgan fingerprint density at radius 3 is 3.08 bits per heavy atom. The molecule has 3 aromatic heterocycles. The summed E-state index contributed by atoms with van der Waals surface area (Å²) < 4.78 is 1.99. The maximum atomic E-state index is 13.0. The number of carbonyl (C=O) groups excluding carboxylic acids is 1. The number of hydrogen-bond donors (Lipinski definition) is 1. The third-order valence-corrected chi connectivity index (χ3v) is 5.44. The Morgan fingerprint density at radius 1 is 1.44 bits per heavy atom. The van der Waals surface area contributed by atoms with Crippen LogP contribution in [-0.2, 0) is 0 Å². The van der Waals surface area contributed by atoms with E-state index in [1.54, 1.807) is 0 Å². The van der Waals surface area contributed by atoms with Crippen LogP contribution >= 0.6 is 11.3 Å². The number of fused-ring (bicyclic) bond motifs is 1. The van der Waals surface area contributed by atoms with Crippen molar-refractivity contribution in [2.45, 2.75) is 32.4 Å². The molecule has 0 saturated carbocycles. The number of imidazole rings is 1. The third kappa shape index (κ3) is 2.94. The van der Waals surface area contributed by atoms with Crippen LogP contribution in [0.1, 0.15) is 30.8 Å². The van der Waals surface area contributed by atoms with E-state index in [4.69, 9.17) is 0 Å². The highest BCUT2D eigenvalue weighted by Gasteiger charge is 2.30. The van der Waals surface area contributed by atoms with E-state index >= 15 is 0 Å². The lowest BCUT2D eigenvalue weighted by Crippen LogP contribution is -2.46. The highest BCUT2D eigenvalue weighted by Crippen LogP contribution is 2.26. The zero-order valence-electron chi connectivity index (χ0n) is 14.3. The molecule has 0 aliphatic carbocycles. The molecule has 130 valence electrons. The minimum atomic E-state index is 0.0139. The van der Waals surface area contributed by atoms with Gasteiger partial charge in [0.05, 0.1) is 6.20 Å². The number of nitrogens with one attached hydrogen (secondary N) is 1. The normalized spacial score (nSPS) is 17.5. The summed E-state index contributed by atoms with van der Waals surface area (Å²) in [5.74, 6) is 0.0139. The van der Waals surface area contributed by atoms with Crippen LogP contribution in [0.4, 0.5) is 0 Å². The van der Waals surface area contributed by atoms with Crippen molar-refractivity contribution < 1.29 is 4.79 Å². The lowest BCUT2D eigenvalue weighted by molar-refractivity contribution is 0.0621. The van der Waals surface area contributed by atoms with Crippen molar-refractivity contribution in [1.82, 2.24) is 24.6 Å². The van der Waals surface area contributed by atoms with Crippen LogP contribution in [0.25, 0.3) is 16.3 Å². The second-order valence-corrected chi connectivity index (χ2v) is 7.42. The molecule has 1 N–H and O–H groups in total. The molecule has 6 nitrogen and oxygen atoms in total. The summed E-state index contributed by atoms with van der Waals surface area (Å²) in [6, 6.07) is 6.27. The van der Waals surface area contributed by atoms with Crippen molar-refractivity contribution in [3.05, 3.63) is 41.7 Å². The molecule has 1 aliphatic heterocycles. The zero-order chi connectivity index (χ0) is 17.4. The standard InChI is InChI=1S/C18H21N5OS/c1-12(2)23(13-6-7-19-9-13)18(24)14-11-25-17(21-14)15-10-20-16-5-3-4-8-22(15)16/h3-5,8,10-13,19H,6-7,9H2,1-2H3/t13-/m1/s1. The van der Waals surface area contributed by atoms with Crippen molar-refractivity contribution in [3.8, 4) is 10.7 Å². The fourth-order valence-electron chi connectivity index (χ4n) is 3.41. The van der Waals surface area contributed by atoms with Crippen LogP contribution < -0.4 is 5.32 Å². The van der Waals surface area contributed by atoms with Gasteiger partial charge in [0.15, 0.2) is 0 Å². The Kier molecular flexibility index (Phi) is 4.27. The zero-order valence-corrected chi connectivity index (χ0v) is 15.2. The number of hydrogen-bond acceptors (Lipinski definition) is 5. The molecule has 0 radical (unpaired) electrons. The van der Waals surface area contributed by atoms with E-state index in [1.807, 2.05) is 45.3 Å². The van der Waals surface area contributed by atoms with Crippen LogP contribution in [0.3, 0.4) is 0 Å². The number of aromatic nitrogens is 3. The topological polar surface area (TPSA) is 62.5 Å². The number of thiazole rings is 1. The molecule has 1 atom stereocenters. The van der Waals surface area contributed by atoms with Crippen LogP contribution in [0, 0.1) is 0 Å². The van der Waals surface area contributed by atoms with Gasteiger partial charge in [-0.15, -0.1) is 11.3 Å². The average Bonchev–Trinajstić information content (AvgIpc) is 3.34. The molecule has 0 bridgehead atoms. The van der Waals surface area contributed by atoms with Gasteiger partial charge in [-0.3, -0.25) is 9.20 Å². The number of pyridine rings is 1. The summed E-state index contributed by atoms with van der Waals surface area (Å²) in [7, 11) is 0. The van der Waals surface area contributed by atoms with Gasteiger partial charge in [0.1, 0.15) is 22.0 Å². The number of nitrogens with zero attached hydrogens (tertiary/aromatic N) is 4. The Morgan fingerprint density at radius 2 is 2.32 bits per heavy atom. The van der Waals surface area contributed by atoms with Gasteiger partial charge >= 0.3 is 0 Å². The second kappa shape index (κ2) is 6.57. The first kappa shape index (κ1) is 16.2. The molecular formula is C18H21N5OS. The molecular weight excluding hydrogens is 334 g/mol. The molecule has 25 heavy (non-hydrogen) atoms. The van der Waals surface area contributed by atoms with E-state index in [0.29, 0.717) is 5.69 Å². The average molecular weight is 355 g/mol. The second-order valence-electron chi connectivity index (χ2n) is 6.56. The highest BCUT2D eigenvalue weighted by molar-refractivity contribution is 7.13. The van der Waals surface area contributed by atoms with Crippen LogP contribution in [0.5, 0.6) is 0 Å². The molecule has 0 unspecified atom stereocenters. The molecule has 0 aromatic carbocycles. The van der Waals surface area contributed by atoms with Crippen LogP contribution in [0.2, 0.25) is 0 Å². The van der Waals surface area contributed by atoms with Gasteiger partial charge in [0.2, 0.25) is 0 Å². The minimum Gasteiger partial charge on any atom is -0.331 e. The summed E-state index contributed by atoms with van der Waals surface area (Å²) in [4.78, 5) is 24.0. The molecule has 1 saturated heterocycles. The predicted octanol–water partition coefficient (Wildman–Crippen LogP) is 2.67. The van der Waals surface area contributed by atoms with Gasteiger partial charge < -0.3 is 10.2 Å². The minimum absolute atomic E-state index is 0.0139. The lowest BCUT2D eigenvalue weighted by atomic mass is 10.1. The molecule has 7 heteroatoms. The molecule has 4 rings (SSSR count). The Labute approximate surface area is 150 Å². The lowest BCUT2D eigenvalue weighted by Gasteiger charge is -2.31. The number of rotatable bonds is 4. The van der Waals surface area contributed by atoms with Gasteiger partial charge in [-0.25, -0.2) is 9.97 Å². The molecule has 1 aliphatic rings. The molecule has 1 amide bonds. The highest BCUT2D eigenvalue weighted by atomic mass is 32.1.